The molecule has 1 aromatic carbocycles. The molecule has 1 aliphatic heterocycles. The van der Waals surface area contributed by atoms with E-state index in [-0.39, 0.29) is 42.5 Å². The fraction of sp³-hybridized carbons (Fsp3) is 0.545. The third-order valence-corrected chi connectivity index (χ3v) is 4.95. The highest BCUT2D eigenvalue weighted by atomic mass is 127. The molecule has 2 rings (SSSR count). The van der Waals surface area contributed by atoms with Gasteiger partial charge in [-0.1, -0.05) is 24.3 Å². The summed E-state index contributed by atoms with van der Waals surface area (Å²) in [5.41, 5.74) is 2.21. The van der Waals surface area contributed by atoms with Gasteiger partial charge in [0, 0.05) is 27.2 Å². The molecule has 1 aromatic rings. The zero-order chi connectivity index (χ0) is 21.2. The maximum atomic E-state index is 11.9. The first-order valence-corrected chi connectivity index (χ1v) is 10.2. The van der Waals surface area contributed by atoms with Crippen molar-refractivity contribution in [2.45, 2.75) is 25.8 Å². The Hall–Kier alpha value is -1.81. The predicted octanol–water partition coefficient (Wildman–Crippen LogP) is 2.65. The number of hydrogen-bond donors (Lipinski definition) is 2. The van der Waals surface area contributed by atoms with Gasteiger partial charge in [-0.3, -0.25) is 9.69 Å². The molecule has 1 amide bonds. The lowest BCUT2D eigenvalue weighted by atomic mass is 10.1. The van der Waals surface area contributed by atoms with Crippen LogP contribution in [0.5, 0.6) is 5.75 Å². The average molecular weight is 529 g/mol. The number of ether oxygens (including phenoxy) is 1. The number of amides is 1. The van der Waals surface area contributed by atoms with Gasteiger partial charge in [0.2, 0.25) is 5.91 Å². The molecule has 0 saturated carbocycles. The van der Waals surface area contributed by atoms with Crippen LogP contribution >= 0.6 is 24.0 Å². The third-order valence-electron chi connectivity index (χ3n) is 4.95. The molecule has 1 unspecified atom stereocenters. The van der Waals surface area contributed by atoms with Gasteiger partial charge in [0.15, 0.2) is 5.96 Å². The Labute approximate surface area is 198 Å². The summed E-state index contributed by atoms with van der Waals surface area (Å²) in [5.74, 6) is 1.44. The molecule has 1 atom stereocenters. The SMILES string of the molecule is C=C(C)CNC(=NCC(=O)N(C)C)NCC(c1cccc(OC)c1)N1CCCC1.I. The van der Waals surface area contributed by atoms with E-state index >= 15 is 0 Å². The van der Waals surface area contributed by atoms with Gasteiger partial charge < -0.3 is 20.3 Å². The Morgan fingerprint density at radius 1 is 1.30 bits per heavy atom. The van der Waals surface area contributed by atoms with E-state index in [0.717, 1.165) is 24.4 Å². The highest BCUT2D eigenvalue weighted by Gasteiger charge is 2.24. The lowest BCUT2D eigenvalue weighted by Crippen LogP contribution is -2.43. The van der Waals surface area contributed by atoms with Crippen LogP contribution in [0.4, 0.5) is 0 Å². The topological polar surface area (TPSA) is 69.2 Å². The number of carbonyl (C=O) groups excluding carboxylic acids is 1. The Morgan fingerprint density at radius 2 is 2.00 bits per heavy atom. The predicted molar refractivity (Wildman–Crippen MR) is 134 cm³/mol. The summed E-state index contributed by atoms with van der Waals surface area (Å²) in [4.78, 5) is 20.4. The minimum absolute atomic E-state index is 0. The Balaban J connectivity index is 0.00000450. The Bertz CT molecular complexity index is 717. The number of likely N-dealkylation sites (N-methyl/N-ethyl adjacent to an activating group) is 1. The molecular weight excluding hydrogens is 493 g/mol. The summed E-state index contributed by atoms with van der Waals surface area (Å²) in [5, 5.41) is 6.69. The summed E-state index contributed by atoms with van der Waals surface area (Å²) < 4.78 is 5.42. The van der Waals surface area contributed by atoms with Crippen molar-refractivity contribution in [3.63, 3.8) is 0 Å². The normalized spacial score (nSPS) is 15.1. The number of rotatable bonds is 9. The van der Waals surface area contributed by atoms with Crippen molar-refractivity contribution in [2.24, 2.45) is 4.99 Å². The van der Waals surface area contributed by atoms with Crippen molar-refractivity contribution < 1.29 is 9.53 Å². The van der Waals surface area contributed by atoms with Crippen LogP contribution in [0.15, 0.2) is 41.4 Å². The number of carbonyl (C=O) groups is 1. The van der Waals surface area contributed by atoms with Gasteiger partial charge in [0.05, 0.1) is 13.2 Å². The van der Waals surface area contributed by atoms with E-state index in [0.29, 0.717) is 19.0 Å². The second kappa shape index (κ2) is 13.5. The van der Waals surface area contributed by atoms with E-state index in [2.05, 4.69) is 39.2 Å². The fourth-order valence-electron chi connectivity index (χ4n) is 3.25. The number of nitrogens with one attached hydrogen (secondary N) is 2. The van der Waals surface area contributed by atoms with Crippen LogP contribution in [0.1, 0.15) is 31.4 Å². The van der Waals surface area contributed by atoms with Gasteiger partial charge in [-0.25, -0.2) is 4.99 Å². The van der Waals surface area contributed by atoms with Gasteiger partial charge in [-0.15, -0.1) is 24.0 Å². The van der Waals surface area contributed by atoms with Crippen LogP contribution in [-0.4, -0.2) is 75.6 Å². The van der Waals surface area contributed by atoms with Crippen molar-refractivity contribution in [1.29, 1.82) is 0 Å². The van der Waals surface area contributed by atoms with Crippen LogP contribution in [0.2, 0.25) is 0 Å². The summed E-state index contributed by atoms with van der Waals surface area (Å²) in [7, 11) is 5.16. The smallest absolute Gasteiger partial charge is 0.243 e. The molecule has 7 nitrogen and oxygen atoms in total. The molecule has 168 valence electrons. The van der Waals surface area contributed by atoms with Crippen LogP contribution in [0.25, 0.3) is 0 Å². The minimum Gasteiger partial charge on any atom is -0.497 e. The second-order valence-corrected chi connectivity index (χ2v) is 7.68. The lowest BCUT2D eigenvalue weighted by molar-refractivity contribution is -0.127. The molecule has 1 fully saturated rings. The molecular formula is C22H36IN5O2. The van der Waals surface area contributed by atoms with E-state index in [1.807, 2.05) is 19.1 Å². The Morgan fingerprint density at radius 3 is 2.60 bits per heavy atom. The van der Waals surface area contributed by atoms with Crippen LogP contribution < -0.4 is 15.4 Å². The largest absolute Gasteiger partial charge is 0.497 e. The van der Waals surface area contributed by atoms with Crippen LogP contribution in [0.3, 0.4) is 0 Å². The first kappa shape index (κ1) is 26.2. The number of guanidine groups is 1. The highest BCUT2D eigenvalue weighted by Crippen LogP contribution is 2.27. The zero-order valence-electron chi connectivity index (χ0n) is 18.6. The van der Waals surface area contributed by atoms with E-state index in [4.69, 9.17) is 4.74 Å². The van der Waals surface area contributed by atoms with Crippen molar-refractivity contribution >= 4 is 35.8 Å². The van der Waals surface area contributed by atoms with E-state index in [1.54, 1.807) is 26.1 Å². The van der Waals surface area contributed by atoms with Crippen molar-refractivity contribution in [3.05, 3.63) is 42.0 Å². The van der Waals surface area contributed by atoms with Crippen molar-refractivity contribution in [2.75, 3.05) is 53.9 Å². The minimum atomic E-state index is -0.0367. The lowest BCUT2D eigenvalue weighted by Gasteiger charge is -2.29. The maximum absolute atomic E-state index is 11.9. The summed E-state index contributed by atoms with van der Waals surface area (Å²) in [6, 6.07) is 8.43. The molecule has 0 aliphatic carbocycles. The van der Waals surface area contributed by atoms with Crippen LogP contribution in [0, 0.1) is 0 Å². The quantitative estimate of drug-likeness (QED) is 0.223. The Kier molecular flexibility index (Phi) is 11.8. The molecule has 30 heavy (non-hydrogen) atoms. The van der Waals surface area contributed by atoms with Crippen molar-refractivity contribution in [3.8, 4) is 5.75 Å². The number of halogens is 1. The number of methoxy groups -OCH3 is 1. The summed E-state index contributed by atoms with van der Waals surface area (Å²) in [6.07, 6.45) is 2.43. The van der Waals surface area contributed by atoms with E-state index in [9.17, 15) is 4.79 Å². The average Bonchev–Trinajstić information content (AvgIpc) is 3.23. The molecule has 1 saturated heterocycles. The summed E-state index contributed by atoms with van der Waals surface area (Å²) in [6.45, 7) is 9.44. The third kappa shape index (κ3) is 8.51. The molecule has 8 heteroatoms. The standard InChI is InChI=1S/C22H35N5O2.HI/c1-17(2)14-23-22(25-16-21(28)26(3)4)24-15-20(27-11-6-7-12-27)18-9-8-10-19(13-18)29-5;/h8-10,13,20H,1,6-7,11-12,14-16H2,2-5H3,(H2,23,24,25);1H. The maximum Gasteiger partial charge on any atom is 0.243 e. The number of nitrogens with zero attached hydrogens (tertiary/aromatic N) is 3. The first-order chi connectivity index (χ1) is 13.9. The number of likely N-dealkylation sites (tertiary alicyclic amines) is 1. The molecule has 0 bridgehead atoms. The van der Waals surface area contributed by atoms with Gasteiger partial charge in [-0.2, -0.15) is 0 Å². The number of hydrogen-bond acceptors (Lipinski definition) is 4. The van der Waals surface area contributed by atoms with Gasteiger partial charge in [-0.05, 0) is 50.6 Å². The van der Waals surface area contributed by atoms with Gasteiger partial charge >= 0.3 is 0 Å². The van der Waals surface area contributed by atoms with Crippen LogP contribution in [-0.2, 0) is 4.79 Å². The van der Waals surface area contributed by atoms with Gasteiger partial charge in [0.25, 0.3) is 0 Å². The molecule has 1 aliphatic rings. The monoisotopic (exact) mass is 529 g/mol. The van der Waals surface area contributed by atoms with Crippen molar-refractivity contribution in [1.82, 2.24) is 20.4 Å². The van der Waals surface area contributed by atoms with E-state index in [1.165, 1.54) is 18.4 Å². The van der Waals surface area contributed by atoms with E-state index < -0.39 is 0 Å². The molecule has 0 aromatic heterocycles. The number of benzene rings is 1. The highest BCUT2D eigenvalue weighted by molar-refractivity contribution is 14.0. The summed E-state index contributed by atoms with van der Waals surface area (Å²) >= 11 is 0. The zero-order valence-corrected chi connectivity index (χ0v) is 20.9. The second-order valence-electron chi connectivity index (χ2n) is 7.68. The molecule has 0 radical (unpaired) electrons. The molecule has 1 heterocycles. The first-order valence-electron chi connectivity index (χ1n) is 10.2. The fourth-order valence-corrected chi connectivity index (χ4v) is 3.25. The molecule has 2 N–H and O–H groups in total. The number of aliphatic imine (C=N–C) groups is 1. The van der Waals surface area contributed by atoms with Gasteiger partial charge in [0.1, 0.15) is 12.3 Å². The molecule has 0 spiro atoms.